The number of alkyl halides is 3. The third-order valence-corrected chi connectivity index (χ3v) is 4.50. The summed E-state index contributed by atoms with van der Waals surface area (Å²) in [5, 5.41) is 2.51. The van der Waals surface area contributed by atoms with E-state index in [1.54, 1.807) is 0 Å². The first kappa shape index (κ1) is 19.0. The molecule has 1 aliphatic carbocycles. The number of rotatable bonds is 6. The van der Waals surface area contributed by atoms with E-state index in [2.05, 4.69) is 5.32 Å². The van der Waals surface area contributed by atoms with Crippen molar-refractivity contribution in [3.8, 4) is 0 Å². The van der Waals surface area contributed by atoms with Crippen LogP contribution in [0.3, 0.4) is 0 Å². The molecule has 10 heteroatoms. The van der Waals surface area contributed by atoms with Gasteiger partial charge in [-0.2, -0.15) is 13.2 Å². The number of likely N-dealkylation sites (tertiary alicyclic amines) is 1. The summed E-state index contributed by atoms with van der Waals surface area (Å²) in [6, 6.07) is 4.37. The molecule has 1 saturated carbocycles. The first-order valence-electron chi connectivity index (χ1n) is 8.37. The van der Waals surface area contributed by atoms with Crippen LogP contribution in [0.1, 0.15) is 34.8 Å². The molecule has 0 unspecified atom stereocenters. The lowest BCUT2D eigenvalue weighted by Crippen LogP contribution is -2.62. The van der Waals surface area contributed by atoms with Crippen LogP contribution in [0, 0.1) is 5.92 Å². The third kappa shape index (κ3) is 4.50. The van der Waals surface area contributed by atoms with Crippen molar-refractivity contribution in [3.63, 3.8) is 0 Å². The van der Waals surface area contributed by atoms with Crippen LogP contribution < -0.4 is 11.1 Å². The van der Waals surface area contributed by atoms with Gasteiger partial charge in [-0.15, -0.1) is 0 Å². The Morgan fingerprint density at radius 2 is 1.85 bits per heavy atom. The summed E-state index contributed by atoms with van der Waals surface area (Å²) in [5.41, 5.74) is 5.63. The van der Waals surface area contributed by atoms with Gasteiger partial charge in [0.05, 0.1) is 0 Å². The summed E-state index contributed by atoms with van der Waals surface area (Å²) in [6.07, 6.45) is -4.80. The van der Waals surface area contributed by atoms with Crippen molar-refractivity contribution in [1.82, 2.24) is 10.2 Å². The van der Waals surface area contributed by atoms with Crippen LogP contribution in [-0.2, 0) is 9.53 Å². The zero-order valence-electron chi connectivity index (χ0n) is 14.2. The fourth-order valence-electron chi connectivity index (χ4n) is 2.91. The first-order valence-corrected chi connectivity index (χ1v) is 8.37. The molecule has 3 N–H and O–H groups in total. The highest BCUT2D eigenvalue weighted by atomic mass is 19.4. The number of halogens is 3. The molecule has 3 rings (SSSR count). The summed E-state index contributed by atoms with van der Waals surface area (Å²) in [6.45, 7) is -1.05. The maximum Gasteiger partial charge on any atom is 0.408 e. The van der Waals surface area contributed by atoms with Crippen LogP contribution in [0.4, 0.5) is 18.0 Å². The maximum absolute atomic E-state index is 12.8. The van der Waals surface area contributed by atoms with Crippen LogP contribution >= 0.6 is 0 Å². The van der Waals surface area contributed by atoms with E-state index >= 15 is 0 Å². The van der Waals surface area contributed by atoms with Crippen LogP contribution in [0.2, 0.25) is 0 Å². The van der Waals surface area contributed by atoms with Gasteiger partial charge in [0.2, 0.25) is 12.0 Å². The Morgan fingerprint density at radius 1 is 1.22 bits per heavy atom. The summed E-state index contributed by atoms with van der Waals surface area (Å²) < 4.78 is 43.4. The molecule has 1 saturated heterocycles. The molecule has 27 heavy (non-hydrogen) atoms. The average Bonchev–Trinajstić information content (AvgIpc) is 3.42. The van der Waals surface area contributed by atoms with Gasteiger partial charge in [-0.05, 0) is 36.5 Å². The number of benzene rings is 1. The molecule has 0 radical (unpaired) electrons. The minimum atomic E-state index is -4.60. The predicted octanol–water partition coefficient (Wildman–Crippen LogP) is 1.74. The molecule has 2 fully saturated rings. The molecule has 2 aliphatic rings. The zero-order valence-corrected chi connectivity index (χ0v) is 14.2. The summed E-state index contributed by atoms with van der Waals surface area (Å²) in [4.78, 5) is 35.7. The van der Waals surface area contributed by atoms with Crippen molar-refractivity contribution in [2.45, 2.75) is 31.2 Å². The quantitative estimate of drug-likeness (QED) is 0.728. The molecular weight excluding hydrogens is 367 g/mol. The fourth-order valence-corrected chi connectivity index (χ4v) is 2.91. The fraction of sp³-hybridized carbons (Fsp3) is 0.471. The molecule has 2 atom stereocenters. The van der Waals surface area contributed by atoms with Gasteiger partial charge in [0, 0.05) is 12.1 Å². The largest absolute Gasteiger partial charge is 0.433 e. The molecule has 1 heterocycles. The highest BCUT2D eigenvalue weighted by Gasteiger charge is 2.54. The minimum Gasteiger partial charge on any atom is -0.433 e. The number of carbonyl (C=O) groups is 3. The predicted molar refractivity (Wildman–Crippen MR) is 86.5 cm³/mol. The Kier molecular flexibility index (Phi) is 4.99. The van der Waals surface area contributed by atoms with Crippen molar-refractivity contribution in [3.05, 3.63) is 35.4 Å². The standard InChI is InChI=1S/C17H18F3N3O4/c18-17(19,20)8-23-12(10-3-5-11(6-4-10)14(21)24)13(15(23)25)27-16(26)22-7-9-1-2-9/h3-6,9,12-13H,1-2,7-8H2,(H2,21,24)(H,22,26)/t12-,13+/m1/s1. The average molecular weight is 385 g/mol. The van der Waals surface area contributed by atoms with Gasteiger partial charge < -0.3 is 20.7 Å². The number of carbonyl (C=O) groups excluding carboxylic acids is 3. The molecule has 7 nitrogen and oxygen atoms in total. The van der Waals surface area contributed by atoms with Crippen molar-refractivity contribution < 1.29 is 32.3 Å². The molecule has 0 bridgehead atoms. The molecule has 0 aromatic heterocycles. The lowest BCUT2D eigenvalue weighted by Gasteiger charge is -2.46. The van der Waals surface area contributed by atoms with E-state index in [-0.39, 0.29) is 5.56 Å². The number of amides is 3. The highest BCUT2D eigenvalue weighted by Crippen LogP contribution is 2.39. The van der Waals surface area contributed by atoms with Gasteiger partial charge >= 0.3 is 12.3 Å². The lowest BCUT2D eigenvalue weighted by atomic mass is 9.90. The number of ether oxygens (including phenoxy) is 1. The monoisotopic (exact) mass is 385 g/mol. The number of hydrogen-bond donors (Lipinski definition) is 2. The molecular formula is C17H18F3N3O4. The van der Waals surface area contributed by atoms with Crippen molar-refractivity contribution in [2.75, 3.05) is 13.1 Å². The Bertz CT molecular complexity index is 747. The summed E-state index contributed by atoms with van der Waals surface area (Å²) in [5.74, 6) is -1.22. The van der Waals surface area contributed by atoms with E-state index in [4.69, 9.17) is 10.5 Å². The van der Waals surface area contributed by atoms with Gasteiger partial charge in [-0.25, -0.2) is 4.79 Å². The number of primary amides is 1. The normalized spacial score (nSPS) is 22.2. The second kappa shape index (κ2) is 7.09. The van der Waals surface area contributed by atoms with Gasteiger partial charge in [-0.3, -0.25) is 9.59 Å². The van der Waals surface area contributed by atoms with E-state index in [1.807, 2.05) is 0 Å². The van der Waals surface area contributed by atoms with E-state index in [0.29, 0.717) is 22.9 Å². The van der Waals surface area contributed by atoms with E-state index in [9.17, 15) is 27.6 Å². The van der Waals surface area contributed by atoms with Crippen LogP contribution in [0.25, 0.3) is 0 Å². The van der Waals surface area contributed by atoms with Crippen molar-refractivity contribution >= 4 is 17.9 Å². The van der Waals surface area contributed by atoms with Crippen molar-refractivity contribution in [1.29, 1.82) is 0 Å². The second-order valence-corrected chi connectivity index (χ2v) is 6.66. The second-order valence-electron chi connectivity index (χ2n) is 6.66. The van der Waals surface area contributed by atoms with Crippen LogP contribution in [0.15, 0.2) is 24.3 Å². The molecule has 0 spiro atoms. The highest BCUT2D eigenvalue weighted by molar-refractivity contribution is 5.93. The van der Waals surface area contributed by atoms with Gasteiger partial charge in [0.25, 0.3) is 5.91 Å². The Hall–Kier alpha value is -2.78. The SMILES string of the molecule is NC(=O)c1ccc([C@@H]2[C@H](OC(=O)NCC3CC3)C(=O)N2CC(F)(F)F)cc1. The first-order chi connectivity index (χ1) is 12.7. The Labute approximate surface area is 152 Å². The number of nitrogens with zero attached hydrogens (tertiary/aromatic N) is 1. The Balaban J connectivity index is 1.75. The number of β-lactam (4-membered cyclic amide) rings is 1. The third-order valence-electron chi connectivity index (χ3n) is 4.50. The molecule has 146 valence electrons. The van der Waals surface area contributed by atoms with Crippen LogP contribution in [-0.4, -0.2) is 48.2 Å². The van der Waals surface area contributed by atoms with E-state index < -0.39 is 42.8 Å². The van der Waals surface area contributed by atoms with E-state index in [0.717, 1.165) is 12.8 Å². The molecule has 1 aliphatic heterocycles. The number of nitrogens with one attached hydrogen (secondary N) is 1. The maximum atomic E-state index is 12.8. The van der Waals surface area contributed by atoms with Gasteiger partial charge in [0.15, 0.2) is 0 Å². The zero-order chi connectivity index (χ0) is 19.8. The summed E-state index contributed by atoms with van der Waals surface area (Å²) >= 11 is 0. The van der Waals surface area contributed by atoms with Gasteiger partial charge in [-0.1, -0.05) is 12.1 Å². The van der Waals surface area contributed by atoms with Gasteiger partial charge in [0.1, 0.15) is 12.6 Å². The topological polar surface area (TPSA) is 102 Å². The Morgan fingerprint density at radius 3 is 2.37 bits per heavy atom. The lowest BCUT2D eigenvalue weighted by molar-refractivity contribution is -0.196. The smallest absolute Gasteiger partial charge is 0.408 e. The summed E-state index contributed by atoms with van der Waals surface area (Å²) in [7, 11) is 0. The molecule has 1 aromatic carbocycles. The number of nitrogens with two attached hydrogens (primary N) is 1. The minimum absolute atomic E-state index is 0.173. The van der Waals surface area contributed by atoms with E-state index in [1.165, 1.54) is 24.3 Å². The molecule has 3 amide bonds. The molecule has 1 aromatic rings. The van der Waals surface area contributed by atoms with Crippen LogP contribution in [0.5, 0.6) is 0 Å². The number of hydrogen-bond acceptors (Lipinski definition) is 4. The number of alkyl carbamates (subject to hydrolysis) is 1. The van der Waals surface area contributed by atoms with Crippen molar-refractivity contribution in [2.24, 2.45) is 11.7 Å².